The van der Waals surface area contributed by atoms with Gasteiger partial charge in [0.15, 0.2) is 0 Å². The van der Waals surface area contributed by atoms with Gasteiger partial charge in [0, 0.05) is 23.6 Å². The molecule has 1 aliphatic rings. The van der Waals surface area contributed by atoms with E-state index in [-0.39, 0.29) is 0 Å². The van der Waals surface area contributed by atoms with Crippen LogP contribution in [0.4, 0.5) is 0 Å². The van der Waals surface area contributed by atoms with Gasteiger partial charge >= 0.3 is 0 Å². The lowest BCUT2D eigenvalue weighted by molar-refractivity contribution is 0.184. The number of hydrogen-bond acceptors (Lipinski definition) is 2. The summed E-state index contributed by atoms with van der Waals surface area (Å²) >= 11 is 0. The molecule has 3 rings (SSSR count). The highest BCUT2D eigenvalue weighted by molar-refractivity contribution is 5.85. The third-order valence-corrected chi connectivity index (χ3v) is 3.67. The number of ether oxygens (including phenoxy) is 1. The van der Waals surface area contributed by atoms with Crippen LogP contribution in [-0.4, -0.2) is 36.1 Å². The second-order valence-corrected chi connectivity index (χ2v) is 4.95. The molecule has 0 radical (unpaired) electrons. The van der Waals surface area contributed by atoms with Gasteiger partial charge < -0.3 is 9.72 Å². The smallest absolute Gasteiger partial charge is 0.128 e. The van der Waals surface area contributed by atoms with Crippen LogP contribution in [0.1, 0.15) is 19.3 Å². The van der Waals surface area contributed by atoms with Crippen LogP contribution in [0.15, 0.2) is 30.5 Å². The van der Waals surface area contributed by atoms with Crippen LogP contribution in [-0.2, 0) is 0 Å². The van der Waals surface area contributed by atoms with Crippen molar-refractivity contribution in [3.8, 4) is 5.75 Å². The molecule has 2 aromatic rings. The standard InChI is InChI=1S/C15H20N2O/c1-2-9-17(10-3-1)11-12-18-15-6-4-5-14-13(15)7-8-16-14/h4-8,16H,1-3,9-12H2. The molecule has 0 spiro atoms. The number of H-pyrrole nitrogens is 1. The minimum atomic E-state index is 0.782. The van der Waals surface area contributed by atoms with Gasteiger partial charge in [0.2, 0.25) is 0 Å². The molecule has 1 fully saturated rings. The molecule has 1 aromatic carbocycles. The van der Waals surface area contributed by atoms with Crippen LogP contribution in [0.25, 0.3) is 10.9 Å². The van der Waals surface area contributed by atoms with Crippen LogP contribution >= 0.6 is 0 Å². The zero-order valence-electron chi connectivity index (χ0n) is 10.7. The van der Waals surface area contributed by atoms with Gasteiger partial charge in [-0.2, -0.15) is 0 Å². The number of likely N-dealkylation sites (tertiary alicyclic amines) is 1. The Morgan fingerprint density at radius 2 is 2.00 bits per heavy atom. The Morgan fingerprint density at radius 3 is 2.89 bits per heavy atom. The van der Waals surface area contributed by atoms with E-state index in [2.05, 4.69) is 22.0 Å². The lowest BCUT2D eigenvalue weighted by Crippen LogP contribution is -2.33. The maximum absolute atomic E-state index is 5.92. The summed E-state index contributed by atoms with van der Waals surface area (Å²) in [4.78, 5) is 5.71. The van der Waals surface area contributed by atoms with Crippen molar-refractivity contribution < 1.29 is 4.74 Å². The number of aromatic nitrogens is 1. The Kier molecular flexibility index (Phi) is 3.51. The molecule has 0 saturated carbocycles. The number of nitrogens with one attached hydrogen (secondary N) is 1. The molecule has 1 aliphatic heterocycles. The summed E-state index contributed by atoms with van der Waals surface area (Å²) in [5, 5.41) is 1.18. The third kappa shape index (κ3) is 2.51. The topological polar surface area (TPSA) is 28.3 Å². The minimum Gasteiger partial charge on any atom is -0.492 e. The summed E-state index contributed by atoms with van der Waals surface area (Å²) in [7, 11) is 0. The molecule has 1 saturated heterocycles. The minimum absolute atomic E-state index is 0.782. The highest BCUT2D eigenvalue weighted by Gasteiger charge is 2.10. The Bertz CT molecular complexity index is 500. The van der Waals surface area contributed by atoms with Crippen LogP contribution in [0.2, 0.25) is 0 Å². The maximum Gasteiger partial charge on any atom is 0.128 e. The van der Waals surface area contributed by atoms with Gasteiger partial charge in [0.1, 0.15) is 12.4 Å². The SMILES string of the molecule is c1cc(OCCN2CCCCC2)c2cc[nH]c2c1. The number of hydrogen-bond donors (Lipinski definition) is 1. The summed E-state index contributed by atoms with van der Waals surface area (Å²) in [6.07, 6.45) is 6.03. The van der Waals surface area contributed by atoms with Crippen LogP contribution in [0.3, 0.4) is 0 Å². The second-order valence-electron chi connectivity index (χ2n) is 4.95. The average Bonchev–Trinajstić information content (AvgIpc) is 2.89. The van der Waals surface area contributed by atoms with E-state index in [1.807, 2.05) is 18.3 Å². The molecule has 0 aliphatic carbocycles. The Hall–Kier alpha value is -1.48. The molecular formula is C15H20N2O. The van der Waals surface area contributed by atoms with Gasteiger partial charge in [-0.25, -0.2) is 0 Å². The Balaban J connectivity index is 1.57. The fourth-order valence-electron chi connectivity index (χ4n) is 2.65. The average molecular weight is 244 g/mol. The molecule has 0 unspecified atom stereocenters. The highest BCUT2D eigenvalue weighted by Crippen LogP contribution is 2.24. The number of piperidine rings is 1. The van der Waals surface area contributed by atoms with E-state index < -0.39 is 0 Å². The van der Waals surface area contributed by atoms with Gasteiger partial charge in [-0.3, -0.25) is 4.90 Å². The van der Waals surface area contributed by atoms with E-state index in [1.54, 1.807) is 0 Å². The van der Waals surface area contributed by atoms with E-state index in [4.69, 9.17) is 4.74 Å². The molecule has 96 valence electrons. The van der Waals surface area contributed by atoms with Crippen molar-refractivity contribution in [1.82, 2.24) is 9.88 Å². The number of rotatable bonds is 4. The quantitative estimate of drug-likeness (QED) is 0.895. The molecule has 3 heteroatoms. The number of aromatic amines is 1. The third-order valence-electron chi connectivity index (χ3n) is 3.67. The first-order valence-corrected chi connectivity index (χ1v) is 6.85. The Labute approximate surface area is 108 Å². The summed E-state index contributed by atoms with van der Waals surface area (Å²) in [5.41, 5.74) is 1.14. The summed E-state index contributed by atoms with van der Waals surface area (Å²) in [5.74, 6) is 0.991. The van der Waals surface area contributed by atoms with E-state index in [9.17, 15) is 0 Å². The van der Waals surface area contributed by atoms with E-state index in [0.29, 0.717) is 0 Å². The first-order valence-electron chi connectivity index (χ1n) is 6.85. The molecule has 0 bridgehead atoms. The van der Waals surface area contributed by atoms with Gasteiger partial charge in [0.05, 0.1) is 0 Å². The maximum atomic E-state index is 5.92. The normalized spacial score (nSPS) is 17.1. The predicted molar refractivity (Wildman–Crippen MR) is 74.1 cm³/mol. The number of benzene rings is 1. The van der Waals surface area contributed by atoms with Crippen molar-refractivity contribution in [2.75, 3.05) is 26.2 Å². The van der Waals surface area contributed by atoms with Crippen LogP contribution in [0.5, 0.6) is 5.75 Å². The first-order chi connectivity index (χ1) is 8.93. The summed E-state index contributed by atoms with van der Waals surface area (Å²) < 4.78 is 5.92. The van der Waals surface area contributed by atoms with E-state index >= 15 is 0 Å². The van der Waals surface area contributed by atoms with Crippen molar-refractivity contribution in [2.45, 2.75) is 19.3 Å². The van der Waals surface area contributed by atoms with Crippen molar-refractivity contribution in [1.29, 1.82) is 0 Å². The van der Waals surface area contributed by atoms with E-state index in [0.717, 1.165) is 24.4 Å². The Morgan fingerprint density at radius 1 is 1.11 bits per heavy atom. The molecular weight excluding hydrogens is 224 g/mol. The van der Waals surface area contributed by atoms with Gasteiger partial charge in [-0.15, -0.1) is 0 Å². The molecule has 18 heavy (non-hydrogen) atoms. The largest absolute Gasteiger partial charge is 0.492 e. The lowest BCUT2D eigenvalue weighted by Gasteiger charge is -2.26. The lowest BCUT2D eigenvalue weighted by atomic mass is 10.1. The number of fused-ring (bicyclic) bond motifs is 1. The summed E-state index contributed by atoms with van der Waals surface area (Å²) in [6.45, 7) is 4.29. The highest BCUT2D eigenvalue weighted by atomic mass is 16.5. The van der Waals surface area contributed by atoms with Gasteiger partial charge in [-0.05, 0) is 44.1 Å². The second kappa shape index (κ2) is 5.44. The monoisotopic (exact) mass is 244 g/mol. The van der Waals surface area contributed by atoms with Crippen LogP contribution in [0, 0.1) is 0 Å². The molecule has 2 heterocycles. The van der Waals surface area contributed by atoms with Crippen molar-refractivity contribution in [3.63, 3.8) is 0 Å². The number of nitrogens with zero attached hydrogens (tertiary/aromatic N) is 1. The fourth-order valence-corrected chi connectivity index (χ4v) is 2.65. The van der Waals surface area contributed by atoms with Crippen LogP contribution < -0.4 is 4.74 Å². The molecule has 1 aromatic heterocycles. The van der Waals surface area contributed by atoms with Crippen molar-refractivity contribution in [3.05, 3.63) is 30.5 Å². The summed E-state index contributed by atoms with van der Waals surface area (Å²) in [6, 6.07) is 8.24. The zero-order valence-corrected chi connectivity index (χ0v) is 10.7. The van der Waals surface area contributed by atoms with Crippen molar-refractivity contribution >= 4 is 10.9 Å². The van der Waals surface area contributed by atoms with E-state index in [1.165, 1.54) is 37.7 Å². The molecule has 0 amide bonds. The van der Waals surface area contributed by atoms with Crippen molar-refractivity contribution in [2.24, 2.45) is 0 Å². The predicted octanol–water partition coefficient (Wildman–Crippen LogP) is 3.03. The zero-order chi connectivity index (χ0) is 12.2. The molecule has 0 atom stereocenters. The van der Waals surface area contributed by atoms with Gasteiger partial charge in [0.25, 0.3) is 0 Å². The van der Waals surface area contributed by atoms with Gasteiger partial charge in [-0.1, -0.05) is 12.5 Å². The molecule has 3 nitrogen and oxygen atoms in total. The fraction of sp³-hybridized carbons (Fsp3) is 0.467. The first kappa shape index (κ1) is 11.6. The molecule has 1 N–H and O–H groups in total.